The third-order valence-electron chi connectivity index (χ3n) is 3.91. The van der Waals surface area contributed by atoms with Gasteiger partial charge in [0.05, 0.1) is 14.7 Å². The molecule has 0 spiro atoms. The molecular weight excluding hydrogens is 260 g/mol. The van der Waals surface area contributed by atoms with Gasteiger partial charge in [0.1, 0.15) is 0 Å². The Morgan fingerprint density at radius 2 is 2.06 bits per heavy atom. The van der Waals surface area contributed by atoms with E-state index >= 15 is 0 Å². The largest absolute Gasteiger partial charge is 0.379 e. The molecule has 1 atom stereocenters. The van der Waals surface area contributed by atoms with Crippen molar-refractivity contribution in [3.63, 3.8) is 0 Å². The van der Waals surface area contributed by atoms with Crippen LogP contribution in [0.4, 0.5) is 0 Å². The van der Waals surface area contributed by atoms with Crippen LogP contribution in [-0.2, 0) is 10.8 Å². The standard InChI is InChI=1S/C15H23ClOSi/c16-11-6-10-15(9-4-5-12-17-15)18-13-14-7-2-1-3-8-14/h1-3,7-8H,4-6,9-13,18H2. The van der Waals surface area contributed by atoms with E-state index in [-0.39, 0.29) is 14.7 Å². The summed E-state index contributed by atoms with van der Waals surface area (Å²) in [7, 11) is -0.241. The van der Waals surface area contributed by atoms with Gasteiger partial charge < -0.3 is 4.74 Å². The van der Waals surface area contributed by atoms with Crippen molar-refractivity contribution >= 4 is 21.1 Å². The first-order valence-corrected chi connectivity index (χ1v) is 9.33. The number of benzene rings is 1. The van der Waals surface area contributed by atoms with Crippen LogP contribution in [0, 0.1) is 0 Å². The van der Waals surface area contributed by atoms with Crippen LogP contribution in [0.3, 0.4) is 0 Å². The minimum absolute atomic E-state index is 0.239. The van der Waals surface area contributed by atoms with E-state index in [1.165, 1.54) is 37.3 Å². The summed E-state index contributed by atoms with van der Waals surface area (Å²) in [6.07, 6.45) is 6.12. The number of alkyl halides is 1. The van der Waals surface area contributed by atoms with E-state index in [1.54, 1.807) is 0 Å². The van der Waals surface area contributed by atoms with E-state index in [0.29, 0.717) is 0 Å². The van der Waals surface area contributed by atoms with Crippen molar-refractivity contribution in [3.8, 4) is 0 Å². The Balaban J connectivity index is 1.92. The van der Waals surface area contributed by atoms with Crippen LogP contribution in [0.1, 0.15) is 37.7 Å². The molecule has 1 heterocycles. The van der Waals surface area contributed by atoms with Gasteiger partial charge in [0.15, 0.2) is 0 Å². The fourth-order valence-corrected chi connectivity index (χ4v) is 5.34. The fourth-order valence-electron chi connectivity index (χ4n) is 2.84. The van der Waals surface area contributed by atoms with Crippen LogP contribution < -0.4 is 0 Å². The third-order valence-corrected chi connectivity index (χ3v) is 6.83. The second-order valence-corrected chi connectivity index (χ2v) is 7.93. The predicted molar refractivity (Wildman–Crippen MR) is 81.2 cm³/mol. The summed E-state index contributed by atoms with van der Waals surface area (Å²) in [5.74, 6) is 0.769. The number of ether oxygens (including phenoxy) is 1. The van der Waals surface area contributed by atoms with E-state index in [4.69, 9.17) is 16.3 Å². The van der Waals surface area contributed by atoms with Crippen LogP contribution >= 0.6 is 11.6 Å². The van der Waals surface area contributed by atoms with Gasteiger partial charge in [-0.2, -0.15) is 0 Å². The highest BCUT2D eigenvalue weighted by molar-refractivity contribution is 6.39. The maximum absolute atomic E-state index is 6.19. The van der Waals surface area contributed by atoms with Crippen LogP contribution in [0.5, 0.6) is 0 Å². The highest BCUT2D eigenvalue weighted by atomic mass is 35.5. The maximum Gasteiger partial charge on any atom is 0.0638 e. The van der Waals surface area contributed by atoms with Crippen molar-refractivity contribution in [2.24, 2.45) is 0 Å². The molecule has 3 heteroatoms. The molecule has 1 unspecified atom stereocenters. The van der Waals surface area contributed by atoms with Gasteiger partial charge in [-0.3, -0.25) is 0 Å². The third kappa shape index (κ3) is 4.11. The lowest BCUT2D eigenvalue weighted by Crippen LogP contribution is -2.43. The van der Waals surface area contributed by atoms with Gasteiger partial charge in [0.2, 0.25) is 0 Å². The molecule has 1 aliphatic rings. The minimum atomic E-state index is -0.241. The molecule has 0 saturated carbocycles. The predicted octanol–water partition coefficient (Wildman–Crippen LogP) is 3.27. The highest BCUT2D eigenvalue weighted by Gasteiger charge is 2.32. The normalized spacial score (nSPS) is 24.7. The highest BCUT2D eigenvalue weighted by Crippen LogP contribution is 2.29. The van der Waals surface area contributed by atoms with Gasteiger partial charge in [-0.15, -0.1) is 11.6 Å². The average molecular weight is 283 g/mol. The van der Waals surface area contributed by atoms with Crippen molar-refractivity contribution in [3.05, 3.63) is 35.9 Å². The number of halogens is 1. The van der Waals surface area contributed by atoms with E-state index in [2.05, 4.69) is 30.3 Å². The van der Waals surface area contributed by atoms with E-state index in [1.807, 2.05) is 0 Å². The summed E-state index contributed by atoms with van der Waals surface area (Å²) >= 11 is 5.86. The average Bonchev–Trinajstić information content (AvgIpc) is 2.45. The topological polar surface area (TPSA) is 9.23 Å². The van der Waals surface area contributed by atoms with Crippen molar-refractivity contribution < 1.29 is 4.74 Å². The summed E-state index contributed by atoms with van der Waals surface area (Å²) in [6, 6.07) is 12.1. The van der Waals surface area contributed by atoms with Crippen LogP contribution in [-0.4, -0.2) is 27.2 Å². The second-order valence-electron chi connectivity index (χ2n) is 5.27. The maximum atomic E-state index is 6.19. The Kier molecular flexibility index (Phi) is 5.73. The van der Waals surface area contributed by atoms with E-state index < -0.39 is 0 Å². The molecule has 1 aromatic carbocycles. The molecule has 0 aromatic heterocycles. The summed E-state index contributed by atoms with van der Waals surface area (Å²) in [5.41, 5.74) is 1.48. The SMILES string of the molecule is ClCCCC1([SiH2]Cc2ccccc2)CCCCO1. The molecule has 0 amide bonds. The van der Waals surface area contributed by atoms with Gasteiger partial charge in [0.25, 0.3) is 0 Å². The zero-order chi connectivity index (χ0) is 12.7. The van der Waals surface area contributed by atoms with Crippen LogP contribution in [0.25, 0.3) is 0 Å². The van der Waals surface area contributed by atoms with E-state index in [0.717, 1.165) is 18.9 Å². The molecule has 0 radical (unpaired) electrons. The first-order valence-electron chi connectivity index (χ1n) is 7.08. The molecule has 100 valence electrons. The molecule has 1 fully saturated rings. The zero-order valence-corrected chi connectivity index (χ0v) is 13.2. The molecule has 2 rings (SSSR count). The van der Waals surface area contributed by atoms with Crippen molar-refractivity contribution in [1.29, 1.82) is 0 Å². The van der Waals surface area contributed by atoms with Crippen molar-refractivity contribution in [1.82, 2.24) is 0 Å². The van der Waals surface area contributed by atoms with Crippen LogP contribution in [0.15, 0.2) is 30.3 Å². The Morgan fingerprint density at radius 1 is 1.22 bits per heavy atom. The lowest BCUT2D eigenvalue weighted by molar-refractivity contribution is -0.0258. The zero-order valence-electron chi connectivity index (χ0n) is 11.0. The lowest BCUT2D eigenvalue weighted by atomic mass is 10.0. The monoisotopic (exact) mass is 282 g/mol. The first-order chi connectivity index (χ1) is 8.85. The van der Waals surface area contributed by atoms with Crippen molar-refractivity contribution in [2.45, 2.75) is 43.4 Å². The summed E-state index contributed by atoms with van der Waals surface area (Å²) < 4.78 is 6.19. The summed E-state index contributed by atoms with van der Waals surface area (Å²) in [4.78, 5) is 0. The molecule has 1 saturated heterocycles. The smallest absolute Gasteiger partial charge is 0.0638 e. The summed E-state index contributed by atoms with van der Waals surface area (Å²) in [5, 5.41) is 0.239. The Labute approximate surface area is 118 Å². The van der Waals surface area contributed by atoms with Gasteiger partial charge in [0, 0.05) is 12.5 Å². The number of rotatable bonds is 6. The van der Waals surface area contributed by atoms with E-state index in [9.17, 15) is 0 Å². The Bertz CT molecular complexity index is 336. The molecular formula is C15H23ClOSi. The van der Waals surface area contributed by atoms with Gasteiger partial charge >= 0.3 is 0 Å². The van der Waals surface area contributed by atoms with Gasteiger partial charge in [-0.1, -0.05) is 35.9 Å². The molecule has 0 bridgehead atoms. The second kappa shape index (κ2) is 7.32. The molecule has 1 nitrogen and oxygen atoms in total. The molecule has 18 heavy (non-hydrogen) atoms. The van der Waals surface area contributed by atoms with Crippen LogP contribution in [0.2, 0.25) is 0 Å². The van der Waals surface area contributed by atoms with Gasteiger partial charge in [-0.05, 0) is 38.1 Å². The Hall–Kier alpha value is -0.313. The molecule has 0 aliphatic carbocycles. The fraction of sp³-hybridized carbons (Fsp3) is 0.600. The van der Waals surface area contributed by atoms with Crippen molar-refractivity contribution in [2.75, 3.05) is 12.5 Å². The number of hydrogen-bond acceptors (Lipinski definition) is 1. The number of hydrogen-bond donors (Lipinski definition) is 0. The molecule has 1 aromatic rings. The first kappa shape index (κ1) is 14.1. The lowest BCUT2D eigenvalue weighted by Gasteiger charge is -2.37. The van der Waals surface area contributed by atoms with Gasteiger partial charge in [-0.25, -0.2) is 0 Å². The summed E-state index contributed by atoms with van der Waals surface area (Å²) in [6.45, 7) is 0.962. The minimum Gasteiger partial charge on any atom is -0.379 e. The quantitative estimate of drug-likeness (QED) is 0.575. The molecule has 0 N–H and O–H groups in total. The Morgan fingerprint density at radius 3 is 2.72 bits per heavy atom. The molecule has 1 aliphatic heterocycles.